The van der Waals surface area contributed by atoms with Crippen molar-refractivity contribution in [3.8, 4) is 17.8 Å². The second-order valence-corrected chi connectivity index (χ2v) is 7.07. The number of aromatic nitrogens is 4. The molecule has 0 saturated carbocycles. The number of methoxy groups -OCH3 is 1. The molecule has 3 aromatic rings. The van der Waals surface area contributed by atoms with E-state index in [1.165, 1.54) is 25.9 Å². The van der Waals surface area contributed by atoms with Crippen LogP contribution in [0.5, 0.6) is 17.8 Å². The van der Waals surface area contributed by atoms with Crippen LogP contribution < -0.4 is 19.8 Å². The number of hydrazone groups is 1. The normalized spacial score (nSPS) is 13.7. The van der Waals surface area contributed by atoms with Gasteiger partial charge < -0.3 is 14.4 Å². The number of pyridine rings is 1. The third kappa shape index (κ3) is 5.54. The van der Waals surface area contributed by atoms with Gasteiger partial charge in [0.2, 0.25) is 5.95 Å². The molecular formula is C22H23N7O3. The van der Waals surface area contributed by atoms with Crippen LogP contribution in [-0.2, 0) is 0 Å². The number of piperidine rings is 1. The maximum absolute atomic E-state index is 12.0. The van der Waals surface area contributed by atoms with Crippen LogP contribution in [0.3, 0.4) is 0 Å². The quantitative estimate of drug-likeness (QED) is 0.447. The smallest absolute Gasteiger partial charge is 0.330 e. The summed E-state index contributed by atoms with van der Waals surface area (Å²) in [6.07, 6.45) is 8.00. The maximum Gasteiger partial charge on any atom is 0.330 e. The van der Waals surface area contributed by atoms with Crippen LogP contribution in [-0.4, -0.2) is 52.3 Å². The average molecular weight is 433 g/mol. The van der Waals surface area contributed by atoms with E-state index in [9.17, 15) is 4.79 Å². The number of ether oxygens (including phenoxy) is 2. The van der Waals surface area contributed by atoms with E-state index in [1.54, 1.807) is 30.5 Å². The summed E-state index contributed by atoms with van der Waals surface area (Å²) in [7, 11) is 1.51. The van der Waals surface area contributed by atoms with Gasteiger partial charge in [-0.05, 0) is 49.1 Å². The lowest BCUT2D eigenvalue weighted by Crippen LogP contribution is -2.31. The summed E-state index contributed by atoms with van der Waals surface area (Å²) < 4.78 is 11.1. The van der Waals surface area contributed by atoms with Crippen LogP contribution in [0.1, 0.15) is 35.2 Å². The Hall–Kier alpha value is -4.08. The zero-order chi connectivity index (χ0) is 22.2. The zero-order valence-corrected chi connectivity index (χ0v) is 17.6. The first kappa shape index (κ1) is 21.2. The highest BCUT2D eigenvalue weighted by Crippen LogP contribution is 2.24. The Morgan fingerprint density at radius 1 is 1.09 bits per heavy atom. The van der Waals surface area contributed by atoms with E-state index in [4.69, 9.17) is 9.47 Å². The lowest BCUT2D eigenvalue weighted by atomic mass is 10.1. The second-order valence-electron chi connectivity index (χ2n) is 7.07. The van der Waals surface area contributed by atoms with Crippen molar-refractivity contribution in [1.82, 2.24) is 25.4 Å². The van der Waals surface area contributed by atoms with E-state index in [1.807, 2.05) is 12.1 Å². The van der Waals surface area contributed by atoms with Gasteiger partial charge in [-0.1, -0.05) is 12.1 Å². The van der Waals surface area contributed by atoms with Gasteiger partial charge in [0.05, 0.1) is 18.9 Å². The van der Waals surface area contributed by atoms with Crippen molar-refractivity contribution in [2.24, 2.45) is 5.10 Å². The molecule has 0 bridgehead atoms. The molecule has 0 atom stereocenters. The minimum Gasteiger partial charge on any atom is -0.467 e. The lowest BCUT2D eigenvalue weighted by Gasteiger charge is -2.26. The molecule has 32 heavy (non-hydrogen) atoms. The lowest BCUT2D eigenvalue weighted by molar-refractivity contribution is 0.0954. The molecule has 3 heterocycles. The molecule has 1 amide bonds. The molecule has 1 N–H and O–H groups in total. The van der Waals surface area contributed by atoms with Gasteiger partial charge in [0, 0.05) is 25.5 Å². The molecule has 164 valence electrons. The molecule has 1 aliphatic rings. The van der Waals surface area contributed by atoms with Crippen LogP contribution in [0.4, 0.5) is 5.95 Å². The molecule has 0 spiro atoms. The molecule has 1 aliphatic heterocycles. The highest BCUT2D eigenvalue weighted by molar-refractivity contribution is 5.94. The van der Waals surface area contributed by atoms with Crippen molar-refractivity contribution >= 4 is 18.1 Å². The minimum absolute atomic E-state index is 0.149. The first-order valence-corrected chi connectivity index (χ1v) is 10.3. The fourth-order valence-corrected chi connectivity index (χ4v) is 3.19. The molecule has 4 rings (SSSR count). The van der Waals surface area contributed by atoms with E-state index in [0.717, 1.165) is 31.5 Å². The molecule has 10 nitrogen and oxygen atoms in total. The number of benzene rings is 1. The SMILES string of the molecule is COc1nc(Oc2cccc(/C=N/NC(=O)c3cccnc3)c2)nc(N2CCCCC2)n1. The largest absolute Gasteiger partial charge is 0.467 e. The maximum atomic E-state index is 12.0. The summed E-state index contributed by atoms with van der Waals surface area (Å²) in [6, 6.07) is 10.9. The van der Waals surface area contributed by atoms with Gasteiger partial charge in [-0.25, -0.2) is 5.43 Å². The Bertz CT molecular complexity index is 1090. The first-order valence-electron chi connectivity index (χ1n) is 10.3. The Morgan fingerprint density at radius 3 is 2.72 bits per heavy atom. The zero-order valence-electron chi connectivity index (χ0n) is 17.6. The number of hydrogen-bond acceptors (Lipinski definition) is 9. The summed E-state index contributed by atoms with van der Waals surface area (Å²) in [5.74, 6) is 0.719. The Balaban J connectivity index is 1.45. The fourth-order valence-electron chi connectivity index (χ4n) is 3.19. The van der Waals surface area contributed by atoms with Crippen LogP contribution in [0.2, 0.25) is 0 Å². The van der Waals surface area contributed by atoms with Crippen LogP contribution in [0.25, 0.3) is 0 Å². The highest BCUT2D eigenvalue weighted by Gasteiger charge is 2.17. The third-order valence-electron chi connectivity index (χ3n) is 4.77. The van der Waals surface area contributed by atoms with Crippen molar-refractivity contribution in [3.05, 3.63) is 59.9 Å². The van der Waals surface area contributed by atoms with Crippen molar-refractivity contribution < 1.29 is 14.3 Å². The summed E-state index contributed by atoms with van der Waals surface area (Å²) in [6.45, 7) is 1.78. The number of rotatable bonds is 7. The minimum atomic E-state index is -0.343. The number of carbonyl (C=O) groups is 1. The molecule has 0 radical (unpaired) electrons. The number of nitrogens with one attached hydrogen (secondary N) is 1. The standard InChI is InChI=1S/C22H23N7O3/c1-31-21-25-20(29-11-3-2-4-12-29)26-22(27-21)32-18-9-5-7-16(13-18)14-24-28-19(30)17-8-6-10-23-15-17/h5-10,13-15H,2-4,11-12H2,1H3,(H,28,30)/b24-14+. The monoisotopic (exact) mass is 433 g/mol. The molecule has 0 unspecified atom stereocenters. The van der Waals surface area contributed by atoms with Gasteiger partial charge >= 0.3 is 12.0 Å². The second kappa shape index (κ2) is 10.3. The molecule has 0 aliphatic carbocycles. The van der Waals surface area contributed by atoms with E-state index in [-0.39, 0.29) is 17.9 Å². The molecule has 1 saturated heterocycles. The molecular weight excluding hydrogens is 410 g/mol. The summed E-state index contributed by atoms with van der Waals surface area (Å²) >= 11 is 0. The van der Waals surface area contributed by atoms with Crippen LogP contribution in [0, 0.1) is 0 Å². The van der Waals surface area contributed by atoms with Gasteiger partial charge in [-0.3, -0.25) is 9.78 Å². The van der Waals surface area contributed by atoms with Gasteiger partial charge in [-0.2, -0.15) is 15.1 Å². The highest BCUT2D eigenvalue weighted by atomic mass is 16.5. The number of nitrogens with zero attached hydrogens (tertiary/aromatic N) is 6. The topological polar surface area (TPSA) is 115 Å². The predicted molar refractivity (Wildman–Crippen MR) is 118 cm³/mol. The van der Waals surface area contributed by atoms with Crippen LogP contribution >= 0.6 is 0 Å². The van der Waals surface area contributed by atoms with Gasteiger partial charge in [0.1, 0.15) is 5.75 Å². The van der Waals surface area contributed by atoms with Crippen molar-refractivity contribution in [3.63, 3.8) is 0 Å². The summed E-state index contributed by atoms with van der Waals surface area (Å²) in [5, 5.41) is 3.99. The predicted octanol–water partition coefficient (Wildman–Crippen LogP) is 2.82. The van der Waals surface area contributed by atoms with Gasteiger partial charge in [0.15, 0.2) is 0 Å². The van der Waals surface area contributed by atoms with Crippen molar-refractivity contribution in [1.29, 1.82) is 0 Å². The Labute approximate surface area is 185 Å². The number of amides is 1. The van der Waals surface area contributed by atoms with E-state index in [0.29, 0.717) is 17.3 Å². The average Bonchev–Trinajstić information content (AvgIpc) is 2.85. The molecule has 2 aromatic heterocycles. The van der Waals surface area contributed by atoms with Crippen LogP contribution in [0.15, 0.2) is 53.9 Å². The fraction of sp³-hybridized carbons (Fsp3) is 0.273. The summed E-state index contributed by atoms with van der Waals surface area (Å²) in [4.78, 5) is 31.1. The van der Waals surface area contributed by atoms with Crippen molar-refractivity contribution in [2.75, 3.05) is 25.1 Å². The van der Waals surface area contributed by atoms with E-state index >= 15 is 0 Å². The molecule has 10 heteroatoms. The molecule has 1 fully saturated rings. The Kier molecular flexibility index (Phi) is 6.81. The molecule has 1 aromatic carbocycles. The third-order valence-corrected chi connectivity index (χ3v) is 4.77. The van der Waals surface area contributed by atoms with E-state index in [2.05, 4.69) is 35.4 Å². The van der Waals surface area contributed by atoms with Gasteiger partial charge in [-0.15, -0.1) is 4.98 Å². The number of carbonyl (C=O) groups excluding carboxylic acids is 1. The first-order chi connectivity index (χ1) is 15.7. The number of anilines is 1. The number of hydrogen-bond donors (Lipinski definition) is 1. The van der Waals surface area contributed by atoms with Crippen molar-refractivity contribution in [2.45, 2.75) is 19.3 Å². The Morgan fingerprint density at radius 2 is 1.94 bits per heavy atom. The van der Waals surface area contributed by atoms with E-state index < -0.39 is 0 Å². The summed E-state index contributed by atoms with van der Waals surface area (Å²) in [5.41, 5.74) is 3.62. The van der Waals surface area contributed by atoms with Gasteiger partial charge in [0.25, 0.3) is 5.91 Å².